The molecule has 2 atom stereocenters. The zero-order valence-electron chi connectivity index (χ0n) is 12.8. The number of amides is 2. The monoisotopic (exact) mass is 308 g/mol. The number of hydrogen-bond donors (Lipinski definition) is 2. The lowest BCUT2D eigenvalue weighted by Gasteiger charge is -2.26. The van der Waals surface area contributed by atoms with Crippen molar-refractivity contribution in [2.45, 2.75) is 38.5 Å². The molecule has 6 heteroatoms. The van der Waals surface area contributed by atoms with Gasteiger partial charge in [-0.05, 0) is 37.5 Å². The number of carbonyl (C=O) groups excluding carboxylic acids is 2. The van der Waals surface area contributed by atoms with Gasteiger partial charge in [-0.15, -0.1) is 0 Å². The molecule has 1 aromatic carbocycles. The Kier molecular flexibility index (Phi) is 5.13. The van der Waals surface area contributed by atoms with E-state index in [0.29, 0.717) is 5.56 Å². The molecule has 1 aliphatic carbocycles. The molecule has 2 amide bonds. The molecular formula is C16H21FN2O3. The predicted molar refractivity (Wildman–Crippen MR) is 79.2 cm³/mol. The minimum absolute atomic E-state index is 0.0393. The molecule has 2 N–H and O–H groups in total. The highest BCUT2D eigenvalue weighted by Gasteiger charge is 2.35. The Morgan fingerprint density at radius 2 is 2.14 bits per heavy atom. The van der Waals surface area contributed by atoms with E-state index in [4.69, 9.17) is 0 Å². The third-order valence-corrected chi connectivity index (χ3v) is 3.68. The summed E-state index contributed by atoms with van der Waals surface area (Å²) in [7, 11) is 1.56. The fourth-order valence-corrected chi connectivity index (χ4v) is 2.23. The van der Waals surface area contributed by atoms with Crippen LogP contribution in [0, 0.1) is 11.7 Å². The van der Waals surface area contributed by atoms with Crippen LogP contribution in [0.25, 0.3) is 0 Å². The van der Waals surface area contributed by atoms with Crippen molar-refractivity contribution in [3.8, 4) is 0 Å². The van der Waals surface area contributed by atoms with Crippen LogP contribution in [0.3, 0.4) is 0 Å². The molecule has 1 aliphatic rings. The third-order valence-electron chi connectivity index (χ3n) is 3.68. The van der Waals surface area contributed by atoms with Gasteiger partial charge in [0.1, 0.15) is 11.9 Å². The SMILES string of the molecule is CC(O)C(NC(=O)C1CC1)C(=O)N(C)Cc1cccc(F)c1. The summed E-state index contributed by atoms with van der Waals surface area (Å²) in [5.74, 6) is -0.998. The third kappa shape index (κ3) is 4.27. The smallest absolute Gasteiger partial charge is 0.247 e. The summed E-state index contributed by atoms with van der Waals surface area (Å²) in [6.45, 7) is 1.67. The van der Waals surface area contributed by atoms with E-state index < -0.39 is 18.1 Å². The molecule has 2 unspecified atom stereocenters. The number of nitrogens with one attached hydrogen (secondary N) is 1. The maximum Gasteiger partial charge on any atom is 0.247 e. The van der Waals surface area contributed by atoms with Crippen molar-refractivity contribution >= 4 is 11.8 Å². The van der Waals surface area contributed by atoms with Crippen molar-refractivity contribution in [2.24, 2.45) is 5.92 Å². The van der Waals surface area contributed by atoms with E-state index in [1.807, 2.05) is 0 Å². The van der Waals surface area contributed by atoms with Crippen LogP contribution in [0.15, 0.2) is 24.3 Å². The summed E-state index contributed by atoms with van der Waals surface area (Å²) in [5.41, 5.74) is 0.647. The minimum atomic E-state index is -0.995. The molecule has 0 aromatic heterocycles. The second-order valence-electron chi connectivity index (χ2n) is 5.83. The van der Waals surface area contributed by atoms with E-state index in [1.54, 1.807) is 19.2 Å². The Labute approximate surface area is 129 Å². The van der Waals surface area contributed by atoms with E-state index in [1.165, 1.54) is 24.0 Å². The fraction of sp³-hybridized carbons (Fsp3) is 0.500. The van der Waals surface area contributed by atoms with Gasteiger partial charge in [0.2, 0.25) is 11.8 Å². The molecule has 0 aliphatic heterocycles. The molecule has 2 rings (SSSR count). The van der Waals surface area contributed by atoms with E-state index in [-0.39, 0.29) is 24.2 Å². The van der Waals surface area contributed by atoms with Gasteiger partial charge in [-0.3, -0.25) is 9.59 Å². The molecule has 0 radical (unpaired) electrons. The standard InChI is InChI=1S/C16H21FN2O3/c1-10(20)14(18-15(21)12-6-7-12)16(22)19(2)9-11-4-3-5-13(17)8-11/h3-5,8,10,12,14,20H,6-7,9H2,1-2H3,(H,18,21). The Balaban J connectivity index is 2.00. The van der Waals surface area contributed by atoms with Gasteiger partial charge >= 0.3 is 0 Å². The number of hydrogen-bond acceptors (Lipinski definition) is 3. The number of benzene rings is 1. The first-order valence-electron chi connectivity index (χ1n) is 7.36. The summed E-state index contributed by atoms with van der Waals surface area (Å²) in [4.78, 5) is 25.6. The highest BCUT2D eigenvalue weighted by Crippen LogP contribution is 2.29. The summed E-state index contributed by atoms with van der Waals surface area (Å²) < 4.78 is 13.2. The minimum Gasteiger partial charge on any atom is -0.391 e. The predicted octanol–water partition coefficient (Wildman–Crippen LogP) is 1.06. The lowest BCUT2D eigenvalue weighted by atomic mass is 10.1. The summed E-state index contributed by atoms with van der Waals surface area (Å²) in [6, 6.07) is 4.99. The van der Waals surface area contributed by atoms with Gasteiger partial charge in [-0.2, -0.15) is 0 Å². The van der Waals surface area contributed by atoms with Crippen LogP contribution in [0.5, 0.6) is 0 Å². The molecular weight excluding hydrogens is 287 g/mol. The molecule has 1 saturated carbocycles. The van der Waals surface area contributed by atoms with Crippen LogP contribution in [0.4, 0.5) is 4.39 Å². The van der Waals surface area contributed by atoms with Gasteiger partial charge in [-0.1, -0.05) is 12.1 Å². The van der Waals surface area contributed by atoms with Gasteiger partial charge in [0, 0.05) is 19.5 Å². The normalized spacial score (nSPS) is 16.7. The fourth-order valence-electron chi connectivity index (χ4n) is 2.23. The van der Waals surface area contributed by atoms with Crippen molar-refractivity contribution in [1.82, 2.24) is 10.2 Å². The van der Waals surface area contributed by atoms with Crippen LogP contribution in [0.2, 0.25) is 0 Å². The molecule has 0 heterocycles. The van der Waals surface area contributed by atoms with Crippen LogP contribution >= 0.6 is 0 Å². The van der Waals surface area contributed by atoms with Crippen LogP contribution in [0.1, 0.15) is 25.3 Å². The zero-order chi connectivity index (χ0) is 16.3. The van der Waals surface area contributed by atoms with Crippen LogP contribution < -0.4 is 5.32 Å². The largest absolute Gasteiger partial charge is 0.391 e. The second-order valence-corrected chi connectivity index (χ2v) is 5.83. The maximum atomic E-state index is 13.2. The van der Waals surface area contributed by atoms with E-state index in [9.17, 15) is 19.1 Å². The number of nitrogens with zero attached hydrogens (tertiary/aromatic N) is 1. The van der Waals surface area contributed by atoms with Gasteiger partial charge in [0.05, 0.1) is 6.10 Å². The van der Waals surface area contributed by atoms with Crippen molar-refractivity contribution in [3.05, 3.63) is 35.6 Å². The Hall–Kier alpha value is -1.95. The van der Waals surface area contributed by atoms with Crippen molar-refractivity contribution in [1.29, 1.82) is 0 Å². The molecule has 5 nitrogen and oxygen atoms in total. The lowest BCUT2D eigenvalue weighted by Crippen LogP contribution is -2.53. The molecule has 0 saturated heterocycles. The van der Waals surface area contributed by atoms with Gasteiger partial charge < -0.3 is 15.3 Å². The number of aliphatic hydroxyl groups is 1. The molecule has 22 heavy (non-hydrogen) atoms. The number of carbonyl (C=O) groups is 2. The average Bonchev–Trinajstić information content (AvgIpc) is 3.28. The second kappa shape index (κ2) is 6.87. The van der Waals surface area contributed by atoms with E-state index in [0.717, 1.165) is 12.8 Å². The molecule has 1 aromatic rings. The quantitative estimate of drug-likeness (QED) is 0.825. The van der Waals surface area contributed by atoms with Crippen molar-refractivity contribution in [2.75, 3.05) is 7.05 Å². The van der Waals surface area contributed by atoms with Gasteiger partial charge in [0.15, 0.2) is 0 Å². The number of halogens is 1. The first-order valence-corrected chi connectivity index (χ1v) is 7.36. The zero-order valence-corrected chi connectivity index (χ0v) is 12.8. The summed E-state index contributed by atoms with van der Waals surface area (Å²) >= 11 is 0. The molecule has 0 spiro atoms. The summed E-state index contributed by atoms with van der Waals surface area (Å²) in [6.07, 6.45) is 0.655. The van der Waals surface area contributed by atoms with Crippen LogP contribution in [-0.4, -0.2) is 41.0 Å². The van der Waals surface area contributed by atoms with E-state index in [2.05, 4.69) is 5.32 Å². The Morgan fingerprint density at radius 3 is 2.68 bits per heavy atom. The van der Waals surface area contributed by atoms with Crippen molar-refractivity contribution in [3.63, 3.8) is 0 Å². The number of rotatable bonds is 6. The molecule has 0 bridgehead atoms. The highest BCUT2D eigenvalue weighted by molar-refractivity contribution is 5.89. The van der Waals surface area contributed by atoms with Crippen LogP contribution in [-0.2, 0) is 16.1 Å². The topological polar surface area (TPSA) is 69.6 Å². The van der Waals surface area contributed by atoms with Gasteiger partial charge in [-0.25, -0.2) is 4.39 Å². The highest BCUT2D eigenvalue weighted by atomic mass is 19.1. The molecule has 1 fully saturated rings. The first kappa shape index (κ1) is 16.4. The van der Waals surface area contributed by atoms with Gasteiger partial charge in [0.25, 0.3) is 0 Å². The van der Waals surface area contributed by atoms with E-state index >= 15 is 0 Å². The number of aliphatic hydroxyl groups excluding tert-OH is 1. The Bertz CT molecular complexity index is 558. The lowest BCUT2D eigenvalue weighted by molar-refractivity contribution is -0.139. The summed E-state index contributed by atoms with van der Waals surface area (Å²) in [5, 5.41) is 12.4. The van der Waals surface area contributed by atoms with Crippen molar-refractivity contribution < 1.29 is 19.1 Å². The maximum absolute atomic E-state index is 13.2. The first-order chi connectivity index (χ1) is 10.4. The number of likely N-dealkylation sites (N-methyl/N-ethyl adjacent to an activating group) is 1. The average molecular weight is 308 g/mol. The molecule has 120 valence electrons. The Morgan fingerprint density at radius 1 is 1.45 bits per heavy atom.